The lowest BCUT2D eigenvalue weighted by Gasteiger charge is -2.28. The first kappa shape index (κ1) is 12.7. The standard InChI is InChI=1S/C13H19NO2/c1-10-7-12(8-15)5-6-13(10)14(3)11(2)9-16-4/h5-8,11H,9H2,1-4H3. The van der Waals surface area contributed by atoms with Crippen LogP contribution in [0.4, 0.5) is 5.69 Å². The molecule has 0 N–H and O–H groups in total. The van der Waals surface area contributed by atoms with Crippen LogP contribution in [0, 0.1) is 6.92 Å². The van der Waals surface area contributed by atoms with Gasteiger partial charge in [-0.15, -0.1) is 0 Å². The van der Waals surface area contributed by atoms with E-state index in [-0.39, 0.29) is 0 Å². The van der Waals surface area contributed by atoms with Gasteiger partial charge in [-0.05, 0) is 37.6 Å². The van der Waals surface area contributed by atoms with Crippen LogP contribution >= 0.6 is 0 Å². The molecule has 0 amide bonds. The second-order valence-corrected chi connectivity index (χ2v) is 4.08. The largest absolute Gasteiger partial charge is 0.383 e. The maximum absolute atomic E-state index is 10.6. The Bertz CT molecular complexity index is 363. The topological polar surface area (TPSA) is 29.5 Å². The maximum Gasteiger partial charge on any atom is 0.150 e. The van der Waals surface area contributed by atoms with Crippen molar-refractivity contribution in [1.82, 2.24) is 0 Å². The van der Waals surface area contributed by atoms with Gasteiger partial charge in [0.2, 0.25) is 0 Å². The van der Waals surface area contributed by atoms with Crippen molar-refractivity contribution in [2.45, 2.75) is 19.9 Å². The Morgan fingerprint density at radius 2 is 2.19 bits per heavy atom. The number of aryl methyl sites for hydroxylation is 1. The Balaban J connectivity index is 2.91. The summed E-state index contributed by atoms with van der Waals surface area (Å²) in [5.74, 6) is 0. The minimum absolute atomic E-state index is 0.311. The third-order valence-corrected chi connectivity index (χ3v) is 2.81. The number of hydrogen-bond donors (Lipinski definition) is 0. The Morgan fingerprint density at radius 3 is 2.69 bits per heavy atom. The van der Waals surface area contributed by atoms with Gasteiger partial charge in [-0.2, -0.15) is 0 Å². The molecule has 0 aromatic heterocycles. The van der Waals surface area contributed by atoms with E-state index in [0.29, 0.717) is 18.2 Å². The van der Waals surface area contributed by atoms with Gasteiger partial charge in [0.25, 0.3) is 0 Å². The molecule has 88 valence electrons. The molecule has 3 heteroatoms. The average Bonchev–Trinajstić information content (AvgIpc) is 2.28. The van der Waals surface area contributed by atoms with E-state index in [2.05, 4.69) is 11.8 Å². The fourth-order valence-electron chi connectivity index (χ4n) is 1.74. The van der Waals surface area contributed by atoms with Gasteiger partial charge in [-0.25, -0.2) is 0 Å². The van der Waals surface area contributed by atoms with Crippen LogP contribution in [-0.2, 0) is 4.74 Å². The summed E-state index contributed by atoms with van der Waals surface area (Å²) in [6.45, 7) is 4.81. The van der Waals surface area contributed by atoms with Crippen molar-refractivity contribution in [3.05, 3.63) is 29.3 Å². The SMILES string of the molecule is COCC(C)N(C)c1ccc(C=O)cc1C. The summed E-state index contributed by atoms with van der Waals surface area (Å²) in [7, 11) is 3.74. The lowest BCUT2D eigenvalue weighted by Crippen LogP contribution is -2.33. The van der Waals surface area contributed by atoms with Crippen molar-refractivity contribution in [1.29, 1.82) is 0 Å². The Labute approximate surface area is 97.0 Å². The second kappa shape index (κ2) is 5.66. The van der Waals surface area contributed by atoms with Gasteiger partial charge in [0.15, 0.2) is 0 Å². The van der Waals surface area contributed by atoms with Crippen molar-refractivity contribution in [2.24, 2.45) is 0 Å². The molecule has 0 radical (unpaired) electrons. The van der Waals surface area contributed by atoms with Crippen LogP contribution < -0.4 is 4.90 Å². The number of anilines is 1. The maximum atomic E-state index is 10.6. The number of ether oxygens (including phenoxy) is 1. The highest BCUT2D eigenvalue weighted by molar-refractivity contribution is 5.76. The van der Waals surface area contributed by atoms with E-state index in [4.69, 9.17) is 4.74 Å². The summed E-state index contributed by atoms with van der Waals surface area (Å²) in [5, 5.41) is 0. The summed E-state index contributed by atoms with van der Waals surface area (Å²) < 4.78 is 5.13. The number of likely N-dealkylation sites (N-methyl/N-ethyl adjacent to an activating group) is 1. The summed E-state index contributed by atoms with van der Waals surface area (Å²) >= 11 is 0. The number of methoxy groups -OCH3 is 1. The van der Waals surface area contributed by atoms with E-state index in [9.17, 15) is 4.79 Å². The van der Waals surface area contributed by atoms with Gasteiger partial charge < -0.3 is 9.64 Å². The molecule has 0 fully saturated rings. The quantitative estimate of drug-likeness (QED) is 0.714. The van der Waals surface area contributed by atoms with E-state index in [1.54, 1.807) is 7.11 Å². The van der Waals surface area contributed by atoms with Crippen LogP contribution in [0.25, 0.3) is 0 Å². The third kappa shape index (κ3) is 2.83. The van der Waals surface area contributed by atoms with E-state index >= 15 is 0 Å². The first-order chi connectivity index (χ1) is 7.60. The molecule has 1 rings (SSSR count). The molecule has 0 bridgehead atoms. The van der Waals surface area contributed by atoms with Gasteiger partial charge in [0, 0.05) is 31.5 Å². The summed E-state index contributed by atoms with van der Waals surface area (Å²) in [5.41, 5.74) is 2.96. The molecule has 3 nitrogen and oxygen atoms in total. The van der Waals surface area contributed by atoms with Crippen molar-refractivity contribution in [3.63, 3.8) is 0 Å². The highest BCUT2D eigenvalue weighted by Crippen LogP contribution is 2.21. The van der Waals surface area contributed by atoms with Gasteiger partial charge in [0.05, 0.1) is 6.61 Å². The molecular formula is C13H19NO2. The highest BCUT2D eigenvalue weighted by atomic mass is 16.5. The first-order valence-corrected chi connectivity index (χ1v) is 5.37. The minimum Gasteiger partial charge on any atom is -0.383 e. The van der Waals surface area contributed by atoms with Gasteiger partial charge in [-0.3, -0.25) is 4.79 Å². The number of aldehydes is 1. The smallest absolute Gasteiger partial charge is 0.150 e. The Kier molecular flexibility index (Phi) is 4.50. The van der Waals surface area contributed by atoms with Crippen molar-refractivity contribution < 1.29 is 9.53 Å². The predicted octanol–water partition coefficient (Wildman–Crippen LogP) is 2.28. The van der Waals surface area contributed by atoms with Gasteiger partial charge in [0.1, 0.15) is 6.29 Å². The predicted molar refractivity (Wildman–Crippen MR) is 66.3 cm³/mol. The third-order valence-electron chi connectivity index (χ3n) is 2.81. The molecule has 0 spiro atoms. The molecule has 0 aliphatic rings. The number of benzene rings is 1. The fraction of sp³-hybridized carbons (Fsp3) is 0.462. The van der Waals surface area contributed by atoms with Crippen molar-refractivity contribution in [3.8, 4) is 0 Å². The zero-order chi connectivity index (χ0) is 12.1. The van der Waals surface area contributed by atoms with Gasteiger partial charge in [-0.1, -0.05) is 0 Å². The molecule has 0 aliphatic carbocycles. The highest BCUT2D eigenvalue weighted by Gasteiger charge is 2.11. The van der Waals surface area contributed by atoms with Crippen molar-refractivity contribution >= 4 is 12.0 Å². The molecule has 0 saturated carbocycles. The Hall–Kier alpha value is -1.35. The zero-order valence-corrected chi connectivity index (χ0v) is 10.4. The first-order valence-electron chi connectivity index (χ1n) is 5.37. The van der Waals surface area contributed by atoms with Crippen LogP contribution in [-0.4, -0.2) is 33.1 Å². The van der Waals surface area contributed by atoms with Crippen molar-refractivity contribution in [2.75, 3.05) is 25.7 Å². The number of carbonyl (C=O) groups excluding carboxylic acids is 1. The number of nitrogens with zero attached hydrogens (tertiary/aromatic N) is 1. The lowest BCUT2D eigenvalue weighted by molar-refractivity contribution is 0.112. The Morgan fingerprint density at radius 1 is 1.50 bits per heavy atom. The zero-order valence-electron chi connectivity index (χ0n) is 10.4. The van der Waals surface area contributed by atoms with E-state index in [0.717, 1.165) is 17.5 Å². The van der Waals surface area contributed by atoms with E-state index < -0.39 is 0 Å². The van der Waals surface area contributed by atoms with Gasteiger partial charge >= 0.3 is 0 Å². The summed E-state index contributed by atoms with van der Waals surface area (Å²) in [6.07, 6.45) is 0.870. The number of carbonyl (C=O) groups is 1. The van der Waals surface area contributed by atoms with E-state index in [1.165, 1.54) is 0 Å². The number of hydrogen-bond acceptors (Lipinski definition) is 3. The monoisotopic (exact) mass is 221 g/mol. The molecule has 0 aliphatic heterocycles. The average molecular weight is 221 g/mol. The molecular weight excluding hydrogens is 202 g/mol. The molecule has 1 atom stereocenters. The summed E-state index contributed by atoms with van der Waals surface area (Å²) in [4.78, 5) is 12.8. The van der Waals surface area contributed by atoms with Crippen LogP contribution in [0.5, 0.6) is 0 Å². The fourth-order valence-corrected chi connectivity index (χ4v) is 1.74. The second-order valence-electron chi connectivity index (χ2n) is 4.08. The van der Waals surface area contributed by atoms with Crippen LogP contribution in [0.2, 0.25) is 0 Å². The number of rotatable bonds is 5. The normalized spacial score (nSPS) is 12.2. The summed E-state index contributed by atoms with van der Waals surface area (Å²) in [6, 6.07) is 6.03. The van der Waals surface area contributed by atoms with Crippen LogP contribution in [0.15, 0.2) is 18.2 Å². The lowest BCUT2D eigenvalue weighted by atomic mass is 10.1. The molecule has 0 saturated heterocycles. The molecule has 1 aromatic carbocycles. The molecule has 1 unspecified atom stereocenters. The molecule has 0 heterocycles. The van der Waals surface area contributed by atoms with Crippen LogP contribution in [0.1, 0.15) is 22.8 Å². The van der Waals surface area contributed by atoms with Crippen LogP contribution in [0.3, 0.4) is 0 Å². The molecule has 1 aromatic rings. The van der Waals surface area contributed by atoms with E-state index in [1.807, 2.05) is 32.2 Å². The minimum atomic E-state index is 0.311. The molecule has 16 heavy (non-hydrogen) atoms.